The van der Waals surface area contributed by atoms with Crippen LogP contribution in [0.4, 0.5) is 4.79 Å². The summed E-state index contributed by atoms with van der Waals surface area (Å²) < 4.78 is 0. The zero-order valence-corrected chi connectivity index (χ0v) is 12.2. The summed E-state index contributed by atoms with van der Waals surface area (Å²) in [5.74, 6) is 0. The third-order valence-electron chi connectivity index (χ3n) is 2.56. The summed E-state index contributed by atoms with van der Waals surface area (Å²) in [5, 5.41) is 6.56. The van der Waals surface area contributed by atoms with E-state index in [4.69, 9.17) is 23.2 Å². The van der Waals surface area contributed by atoms with Crippen LogP contribution in [0.15, 0.2) is 30.9 Å². The van der Waals surface area contributed by atoms with Crippen LogP contribution in [-0.2, 0) is 6.54 Å². The zero-order chi connectivity index (χ0) is 14.1. The molecule has 0 spiro atoms. The Morgan fingerprint density at radius 1 is 1.21 bits per heavy atom. The van der Waals surface area contributed by atoms with Gasteiger partial charge in [-0.2, -0.15) is 0 Å². The number of halogens is 2. The molecular formula is C14H18Cl2N2O. The van der Waals surface area contributed by atoms with E-state index < -0.39 is 0 Å². The minimum Gasteiger partial charge on any atom is -0.338 e. The highest BCUT2D eigenvalue weighted by Crippen LogP contribution is 2.22. The maximum absolute atomic E-state index is 11.5. The van der Waals surface area contributed by atoms with E-state index in [2.05, 4.69) is 17.2 Å². The summed E-state index contributed by atoms with van der Waals surface area (Å²) >= 11 is 11.7. The Morgan fingerprint density at radius 3 is 2.68 bits per heavy atom. The van der Waals surface area contributed by atoms with E-state index in [1.807, 2.05) is 12.1 Å². The van der Waals surface area contributed by atoms with E-state index in [0.29, 0.717) is 23.1 Å². The molecule has 0 radical (unpaired) electrons. The van der Waals surface area contributed by atoms with Gasteiger partial charge < -0.3 is 10.6 Å². The van der Waals surface area contributed by atoms with Crippen LogP contribution in [0.2, 0.25) is 10.0 Å². The lowest BCUT2D eigenvalue weighted by atomic mass is 10.2. The molecule has 2 amide bonds. The molecule has 3 nitrogen and oxygen atoms in total. The fraction of sp³-hybridized carbons (Fsp3) is 0.357. The average Bonchev–Trinajstić information content (AvgIpc) is 2.40. The maximum Gasteiger partial charge on any atom is 0.315 e. The van der Waals surface area contributed by atoms with Crippen LogP contribution in [0.25, 0.3) is 0 Å². The van der Waals surface area contributed by atoms with Gasteiger partial charge in [-0.3, -0.25) is 0 Å². The molecule has 2 N–H and O–H groups in total. The molecule has 0 aliphatic carbocycles. The molecule has 0 aromatic heterocycles. The minimum absolute atomic E-state index is 0.176. The number of urea groups is 1. The first kappa shape index (κ1) is 15.9. The number of amides is 2. The maximum atomic E-state index is 11.5. The quantitative estimate of drug-likeness (QED) is 0.576. The molecule has 0 saturated carbocycles. The van der Waals surface area contributed by atoms with Gasteiger partial charge in [-0.25, -0.2) is 4.79 Å². The molecule has 0 heterocycles. The Labute approximate surface area is 124 Å². The Bertz CT molecular complexity index is 435. The number of hydrogen-bond donors (Lipinski definition) is 2. The predicted octanol–water partition coefficient (Wildman–Crippen LogP) is 4.15. The first-order valence-corrected chi connectivity index (χ1v) is 6.95. The fourth-order valence-corrected chi connectivity index (χ4v) is 1.83. The molecule has 0 fully saturated rings. The second-order valence-corrected chi connectivity index (χ2v) is 4.96. The first-order chi connectivity index (χ1) is 9.13. The standard InChI is InChI=1S/C14H18Cl2N2O/c1-2-3-4-5-8-17-14(19)18-10-11-6-7-12(15)13(16)9-11/h2,6-7,9H,1,3-5,8,10H2,(H2,17,18,19). The lowest BCUT2D eigenvalue weighted by Gasteiger charge is -2.08. The second kappa shape index (κ2) is 8.83. The first-order valence-electron chi connectivity index (χ1n) is 6.20. The van der Waals surface area contributed by atoms with Crippen LogP contribution in [0.3, 0.4) is 0 Å². The number of carbonyl (C=O) groups is 1. The number of rotatable bonds is 7. The highest BCUT2D eigenvalue weighted by molar-refractivity contribution is 6.42. The third kappa shape index (κ3) is 6.50. The van der Waals surface area contributed by atoms with Crippen molar-refractivity contribution in [3.05, 3.63) is 46.5 Å². The number of unbranched alkanes of at least 4 members (excludes halogenated alkanes) is 2. The van der Waals surface area contributed by atoms with E-state index in [1.165, 1.54) is 0 Å². The highest BCUT2D eigenvalue weighted by atomic mass is 35.5. The van der Waals surface area contributed by atoms with Gasteiger partial charge in [0.1, 0.15) is 0 Å². The normalized spacial score (nSPS) is 10.0. The molecule has 0 unspecified atom stereocenters. The van der Waals surface area contributed by atoms with Crippen molar-refractivity contribution >= 4 is 29.2 Å². The van der Waals surface area contributed by atoms with Crippen molar-refractivity contribution in [3.63, 3.8) is 0 Å². The number of allylic oxidation sites excluding steroid dienone is 1. The Hall–Kier alpha value is -1.19. The molecule has 0 saturated heterocycles. The molecule has 1 rings (SSSR count). The molecule has 0 atom stereocenters. The molecule has 1 aromatic carbocycles. The SMILES string of the molecule is C=CCCCCNC(=O)NCc1ccc(Cl)c(Cl)c1. The molecule has 1 aromatic rings. The smallest absolute Gasteiger partial charge is 0.315 e. The largest absolute Gasteiger partial charge is 0.338 e. The van der Waals surface area contributed by atoms with Crippen molar-refractivity contribution in [1.82, 2.24) is 10.6 Å². The average molecular weight is 301 g/mol. The van der Waals surface area contributed by atoms with Crippen molar-refractivity contribution < 1.29 is 4.79 Å². The molecule has 0 aliphatic rings. The summed E-state index contributed by atoms with van der Waals surface area (Å²) in [6.45, 7) is 4.74. The van der Waals surface area contributed by atoms with E-state index in [0.717, 1.165) is 24.8 Å². The molecule has 0 aliphatic heterocycles. The van der Waals surface area contributed by atoms with E-state index >= 15 is 0 Å². The predicted molar refractivity (Wildman–Crippen MR) is 80.7 cm³/mol. The molecule has 104 valence electrons. The van der Waals surface area contributed by atoms with Crippen LogP contribution in [0, 0.1) is 0 Å². The number of hydrogen-bond acceptors (Lipinski definition) is 1. The van der Waals surface area contributed by atoms with Crippen molar-refractivity contribution in [2.75, 3.05) is 6.54 Å². The lowest BCUT2D eigenvalue weighted by Crippen LogP contribution is -2.35. The van der Waals surface area contributed by atoms with Crippen LogP contribution in [0.1, 0.15) is 24.8 Å². The van der Waals surface area contributed by atoms with Crippen LogP contribution >= 0.6 is 23.2 Å². The Morgan fingerprint density at radius 2 is 2.00 bits per heavy atom. The third-order valence-corrected chi connectivity index (χ3v) is 3.30. The molecular weight excluding hydrogens is 283 g/mol. The van der Waals surface area contributed by atoms with Crippen LogP contribution < -0.4 is 10.6 Å². The van der Waals surface area contributed by atoms with Gasteiger partial charge in [-0.1, -0.05) is 35.3 Å². The summed E-state index contributed by atoms with van der Waals surface area (Å²) in [4.78, 5) is 11.5. The van der Waals surface area contributed by atoms with Gasteiger partial charge in [-0.05, 0) is 37.0 Å². The van der Waals surface area contributed by atoms with Crippen molar-refractivity contribution in [1.29, 1.82) is 0 Å². The van der Waals surface area contributed by atoms with E-state index in [1.54, 1.807) is 12.1 Å². The lowest BCUT2D eigenvalue weighted by molar-refractivity contribution is 0.240. The molecule has 5 heteroatoms. The van der Waals surface area contributed by atoms with Crippen molar-refractivity contribution in [2.24, 2.45) is 0 Å². The summed E-state index contributed by atoms with van der Waals surface area (Å²) in [6.07, 6.45) is 4.85. The minimum atomic E-state index is -0.176. The van der Waals surface area contributed by atoms with Gasteiger partial charge in [0, 0.05) is 13.1 Å². The van der Waals surface area contributed by atoms with E-state index in [-0.39, 0.29) is 6.03 Å². The summed E-state index contributed by atoms with van der Waals surface area (Å²) in [6, 6.07) is 5.12. The molecule has 19 heavy (non-hydrogen) atoms. The monoisotopic (exact) mass is 300 g/mol. The van der Waals surface area contributed by atoms with Gasteiger partial charge in [0.2, 0.25) is 0 Å². The zero-order valence-electron chi connectivity index (χ0n) is 10.7. The highest BCUT2D eigenvalue weighted by Gasteiger charge is 2.02. The fourth-order valence-electron chi connectivity index (χ4n) is 1.51. The van der Waals surface area contributed by atoms with Gasteiger partial charge >= 0.3 is 6.03 Å². The summed E-state index contributed by atoms with van der Waals surface area (Å²) in [5.41, 5.74) is 0.913. The van der Waals surface area contributed by atoms with E-state index in [9.17, 15) is 4.79 Å². The van der Waals surface area contributed by atoms with Gasteiger partial charge in [-0.15, -0.1) is 6.58 Å². The van der Waals surface area contributed by atoms with Crippen LogP contribution in [0.5, 0.6) is 0 Å². The van der Waals surface area contributed by atoms with Crippen molar-refractivity contribution in [2.45, 2.75) is 25.8 Å². The Balaban J connectivity index is 2.22. The number of nitrogens with one attached hydrogen (secondary N) is 2. The van der Waals surface area contributed by atoms with Gasteiger partial charge in [0.15, 0.2) is 0 Å². The Kier molecular flexibility index (Phi) is 7.38. The number of benzene rings is 1. The summed E-state index contributed by atoms with van der Waals surface area (Å²) in [7, 11) is 0. The van der Waals surface area contributed by atoms with Gasteiger partial charge in [0.25, 0.3) is 0 Å². The second-order valence-electron chi connectivity index (χ2n) is 4.14. The number of carbonyl (C=O) groups excluding carboxylic acids is 1. The topological polar surface area (TPSA) is 41.1 Å². The van der Waals surface area contributed by atoms with Gasteiger partial charge in [0.05, 0.1) is 10.0 Å². The molecule has 0 bridgehead atoms. The van der Waals surface area contributed by atoms with Crippen molar-refractivity contribution in [3.8, 4) is 0 Å². The van der Waals surface area contributed by atoms with Crippen LogP contribution in [-0.4, -0.2) is 12.6 Å².